The smallest absolute Gasteiger partial charge is 0.228 e. The molecule has 2 aliphatic heterocycles. The molecule has 1 saturated heterocycles. The van der Waals surface area contributed by atoms with Crippen molar-refractivity contribution in [2.45, 2.75) is 45.1 Å². The number of carbonyl (C=O) groups is 2. The maximum absolute atomic E-state index is 13.0. The van der Waals surface area contributed by atoms with E-state index in [1.165, 1.54) is 0 Å². The maximum Gasteiger partial charge on any atom is 0.228 e. The van der Waals surface area contributed by atoms with Crippen molar-refractivity contribution in [2.75, 3.05) is 13.1 Å². The van der Waals surface area contributed by atoms with Gasteiger partial charge in [-0.05, 0) is 43.2 Å². The van der Waals surface area contributed by atoms with Gasteiger partial charge in [-0.2, -0.15) is 0 Å². The van der Waals surface area contributed by atoms with Gasteiger partial charge in [-0.1, -0.05) is 23.4 Å². The molecule has 1 amide bonds. The highest BCUT2D eigenvalue weighted by molar-refractivity contribution is 6.00. The Morgan fingerprint density at radius 3 is 2.73 bits per heavy atom. The first-order valence-electron chi connectivity index (χ1n) is 10.4. The van der Waals surface area contributed by atoms with Gasteiger partial charge in [0.25, 0.3) is 0 Å². The van der Waals surface area contributed by atoms with E-state index in [9.17, 15) is 9.59 Å². The van der Waals surface area contributed by atoms with Gasteiger partial charge in [0.15, 0.2) is 11.4 Å². The van der Waals surface area contributed by atoms with Gasteiger partial charge in [0.2, 0.25) is 5.91 Å². The highest BCUT2D eigenvalue weighted by Gasteiger charge is 2.43. The highest BCUT2D eigenvalue weighted by Crippen LogP contribution is 2.39. The van der Waals surface area contributed by atoms with Crippen molar-refractivity contribution in [3.05, 3.63) is 58.8 Å². The Morgan fingerprint density at radius 1 is 1.17 bits per heavy atom. The molecule has 0 aliphatic carbocycles. The minimum absolute atomic E-state index is 0.0301. The third kappa shape index (κ3) is 3.16. The second-order valence-corrected chi connectivity index (χ2v) is 8.52. The molecule has 3 aromatic rings. The normalized spacial score (nSPS) is 17.8. The van der Waals surface area contributed by atoms with Crippen molar-refractivity contribution in [3.8, 4) is 5.75 Å². The van der Waals surface area contributed by atoms with Crippen LogP contribution in [0.1, 0.15) is 46.4 Å². The Labute approximate surface area is 174 Å². The number of para-hydroxylation sites is 1. The number of rotatable bonds is 2. The fourth-order valence-corrected chi connectivity index (χ4v) is 4.78. The number of amides is 1. The fraction of sp³-hybridized carbons (Fsp3) is 0.375. The standard InChI is InChI=1S/C24H24N2O4/c1-15-11-16(2)23-18(25-30-21(23)12-15)13-22(28)26-9-7-24(8-10-26)14-19(27)17-5-3-4-6-20(17)29-24/h3-6,11-12H,7-10,13-14H2,1-2H3. The minimum atomic E-state index is -0.503. The first kappa shape index (κ1) is 18.9. The second-order valence-electron chi connectivity index (χ2n) is 8.52. The van der Waals surface area contributed by atoms with Gasteiger partial charge in [0.05, 0.1) is 18.4 Å². The van der Waals surface area contributed by atoms with Crippen LogP contribution in [0.3, 0.4) is 0 Å². The molecule has 1 fully saturated rings. The van der Waals surface area contributed by atoms with Crippen molar-refractivity contribution < 1.29 is 18.8 Å². The van der Waals surface area contributed by atoms with E-state index in [1.807, 2.05) is 49.1 Å². The molecule has 3 heterocycles. The lowest BCUT2D eigenvalue weighted by molar-refractivity contribution is -0.134. The number of ether oxygens (including phenoxy) is 1. The number of aromatic nitrogens is 1. The number of ketones is 1. The average molecular weight is 404 g/mol. The fourth-order valence-electron chi connectivity index (χ4n) is 4.78. The van der Waals surface area contributed by atoms with Crippen molar-refractivity contribution in [1.29, 1.82) is 0 Å². The van der Waals surface area contributed by atoms with E-state index in [4.69, 9.17) is 9.26 Å². The highest BCUT2D eigenvalue weighted by atomic mass is 16.5. The van der Waals surface area contributed by atoms with Crippen LogP contribution in [0, 0.1) is 13.8 Å². The van der Waals surface area contributed by atoms with E-state index < -0.39 is 5.60 Å². The number of hydrogen-bond acceptors (Lipinski definition) is 5. The lowest BCUT2D eigenvalue weighted by Gasteiger charge is -2.43. The van der Waals surface area contributed by atoms with E-state index in [0.29, 0.717) is 49.4 Å². The van der Waals surface area contributed by atoms with Crippen molar-refractivity contribution in [2.24, 2.45) is 0 Å². The molecule has 1 aromatic heterocycles. The van der Waals surface area contributed by atoms with Crippen molar-refractivity contribution in [1.82, 2.24) is 10.1 Å². The number of benzene rings is 2. The third-order valence-corrected chi connectivity index (χ3v) is 6.33. The Hall–Kier alpha value is -3.15. The van der Waals surface area contributed by atoms with Crippen LogP contribution < -0.4 is 4.74 Å². The Morgan fingerprint density at radius 2 is 1.93 bits per heavy atom. The van der Waals surface area contributed by atoms with Crippen molar-refractivity contribution in [3.63, 3.8) is 0 Å². The topological polar surface area (TPSA) is 72.6 Å². The molecule has 6 heteroatoms. The monoisotopic (exact) mass is 404 g/mol. The lowest BCUT2D eigenvalue weighted by Crippen LogP contribution is -2.52. The largest absolute Gasteiger partial charge is 0.486 e. The summed E-state index contributed by atoms with van der Waals surface area (Å²) in [7, 11) is 0. The van der Waals surface area contributed by atoms with Gasteiger partial charge in [-0.15, -0.1) is 0 Å². The van der Waals surface area contributed by atoms with E-state index in [1.54, 1.807) is 0 Å². The van der Waals surface area contributed by atoms with Crippen LogP contribution in [-0.2, 0) is 11.2 Å². The molecule has 0 bridgehead atoms. The predicted octanol–water partition coefficient (Wildman–Crippen LogP) is 4.01. The van der Waals surface area contributed by atoms with Gasteiger partial charge in [-0.3, -0.25) is 9.59 Å². The van der Waals surface area contributed by atoms with Crippen LogP contribution in [0.25, 0.3) is 11.0 Å². The molecular weight excluding hydrogens is 380 g/mol. The van der Waals surface area contributed by atoms with E-state index in [-0.39, 0.29) is 18.1 Å². The minimum Gasteiger partial charge on any atom is -0.486 e. The zero-order chi connectivity index (χ0) is 20.9. The van der Waals surface area contributed by atoms with E-state index in [0.717, 1.165) is 22.1 Å². The molecule has 0 radical (unpaired) electrons. The molecule has 0 unspecified atom stereocenters. The second kappa shape index (κ2) is 6.97. The maximum atomic E-state index is 13.0. The van der Waals surface area contributed by atoms with Crippen LogP contribution in [0.15, 0.2) is 40.9 Å². The average Bonchev–Trinajstić information content (AvgIpc) is 3.11. The van der Waals surface area contributed by atoms with Crippen LogP contribution in [0.2, 0.25) is 0 Å². The molecule has 154 valence electrons. The summed E-state index contributed by atoms with van der Waals surface area (Å²) in [4.78, 5) is 27.4. The van der Waals surface area contributed by atoms with Crippen LogP contribution >= 0.6 is 0 Å². The number of carbonyl (C=O) groups excluding carboxylic acids is 2. The summed E-state index contributed by atoms with van der Waals surface area (Å²) in [6, 6.07) is 11.4. The summed E-state index contributed by atoms with van der Waals surface area (Å²) < 4.78 is 11.7. The third-order valence-electron chi connectivity index (χ3n) is 6.33. The van der Waals surface area contributed by atoms with Gasteiger partial charge in [0.1, 0.15) is 17.0 Å². The van der Waals surface area contributed by atoms with Crippen LogP contribution in [0.5, 0.6) is 5.75 Å². The number of Topliss-reactive ketones (excluding diaryl/α,β-unsaturated/α-hetero) is 1. The summed E-state index contributed by atoms with van der Waals surface area (Å²) in [5, 5.41) is 5.09. The summed E-state index contributed by atoms with van der Waals surface area (Å²) in [5.74, 6) is 0.812. The first-order valence-corrected chi connectivity index (χ1v) is 10.4. The molecule has 30 heavy (non-hydrogen) atoms. The van der Waals surface area contributed by atoms with Gasteiger partial charge in [-0.25, -0.2) is 0 Å². The molecule has 0 atom stereocenters. The van der Waals surface area contributed by atoms with E-state index >= 15 is 0 Å². The molecule has 1 spiro atoms. The Balaban J connectivity index is 1.29. The number of hydrogen-bond donors (Lipinski definition) is 0. The SMILES string of the molecule is Cc1cc(C)c2c(CC(=O)N3CCC4(CC3)CC(=O)c3ccccc3O4)noc2c1. The van der Waals surface area contributed by atoms with Gasteiger partial charge >= 0.3 is 0 Å². The number of likely N-dealkylation sites (tertiary alicyclic amines) is 1. The molecular formula is C24H24N2O4. The lowest BCUT2D eigenvalue weighted by atomic mass is 9.82. The summed E-state index contributed by atoms with van der Waals surface area (Å²) in [5.41, 5.74) is 3.74. The van der Waals surface area contributed by atoms with Gasteiger partial charge in [0, 0.05) is 31.3 Å². The van der Waals surface area contributed by atoms with E-state index in [2.05, 4.69) is 11.2 Å². The summed E-state index contributed by atoms with van der Waals surface area (Å²) >= 11 is 0. The Kier molecular flexibility index (Phi) is 4.38. The zero-order valence-electron chi connectivity index (χ0n) is 17.2. The predicted molar refractivity (Wildman–Crippen MR) is 112 cm³/mol. The number of nitrogens with zero attached hydrogens (tertiary/aromatic N) is 2. The molecule has 2 aromatic carbocycles. The molecule has 5 rings (SSSR count). The molecule has 0 saturated carbocycles. The number of piperidine rings is 1. The van der Waals surface area contributed by atoms with Crippen LogP contribution in [0.4, 0.5) is 0 Å². The molecule has 2 aliphatic rings. The summed E-state index contributed by atoms with van der Waals surface area (Å²) in [6.45, 7) is 5.17. The number of fused-ring (bicyclic) bond motifs is 2. The molecule has 6 nitrogen and oxygen atoms in total. The first-order chi connectivity index (χ1) is 14.4. The number of aryl methyl sites for hydroxylation is 2. The van der Waals surface area contributed by atoms with Gasteiger partial charge < -0.3 is 14.2 Å². The molecule has 0 N–H and O–H groups in total. The summed E-state index contributed by atoms with van der Waals surface area (Å²) in [6.07, 6.45) is 1.89. The zero-order valence-corrected chi connectivity index (χ0v) is 17.2. The van der Waals surface area contributed by atoms with Crippen molar-refractivity contribution >= 4 is 22.7 Å². The van der Waals surface area contributed by atoms with Crippen LogP contribution in [-0.4, -0.2) is 40.4 Å². The quantitative estimate of drug-likeness (QED) is 0.645. The Bertz CT molecular complexity index is 1160.